The number of hydrogen-bond donors (Lipinski definition) is 1. The molecule has 0 spiro atoms. The summed E-state index contributed by atoms with van der Waals surface area (Å²) in [6.45, 7) is 1.85. The molecular formula is C24H27N3O5S. The van der Waals surface area contributed by atoms with Gasteiger partial charge in [0.05, 0.1) is 22.8 Å². The van der Waals surface area contributed by atoms with Gasteiger partial charge in [0, 0.05) is 19.2 Å². The van der Waals surface area contributed by atoms with Gasteiger partial charge in [-0.3, -0.25) is 9.69 Å². The maximum absolute atomic E-state index is 12.9. The minimum Gasteiger partial charge on any atom is -0.447 e. The number of para-hydroxylation sites is 2. The van der Waals surface area contributed by atoms with Crippen LogP contribution in [0.15, 0.2) is 59.5 Å². The molecule has 0 unspecified atom stereocenters. The Balaban J connectivity index is 1.42. The van der Waals surface area contributed by atoms with Gasteiger partial charge in [-0.1, -0.05) is 37.1 Å². The van der Waals surface area contributed by atoms with Crippen LogP contribution in [0.3, 0.4) is 0 Å². The van der Waals surface area contributed by atoms with Crippen molar-refractivity contribution < 1.29 is 22.7 Å². The summed E-state index contributed by atoms with van der Waals surface area (Å²) < 4.78 is 32.3. The maximum atomic E-state index is 12.9. The van der Waals surface area contributed by atoms with E-state index in [2.05, 4.69) is 5.32 Å². The first-order valence-electron chi connectivity index (χ1n) is 11.1. The van der Waals surface area contributed by atoms with Crippen molar-refractivity contribution in [1.29, 1.82) is 0 Å². The van der Waals surface area contributed by atoms with Crippen molar-refractivity contribution in [1.82, 2.24) is 4.31 Å². The fourth-order valence-corrected chi connectivity index (χ4v) is 5.47. The van der Waals surface area contributed by atoms with Gasteiger partial charge >= 0.3 is 6.09 Å². The van der Waals surface area contributed by atoms with E-state index < -0.39 is 16.1 Å². The molecule has 0 atom stereocenters. The molecule has 33 heavy (non-hydrogen) atoms. The largest absolute Gasteiger partial charge is 0.447 e. The highest BCUT2D eigenvalue weighted by atomic mass is 32.2. The van der Waals surface area contributed by atoms with E-state index in [9.17, 15) is 18.0 Å². The highest BCUT2D eigenvalue weighted by Crippen LogP contribution is 2.28. The normalized spacial score (nSPS) is 17.7. The van der Waals surface area contributed by atoms with Crippen LogP contribution in [0.2, 0.25) is 0 Å². The Kier molecular flexibility index (Phi) is 7.10. The summed E-state index contributed by atoms with van der Waals surface area (Å²) in [5.74, 6) is -0.365. The Morgan fingerprint density at radius 3 is 2.30 bits per heavy atom. The highest BCUT2D eigenvalue weighted by molar-refractivity contribution is 7.89. The molecular weight excluding hydrogens is 442 g/mol. The number of benzene rings is 2. The van der Waals surface area contributed by atoms with Gasteiger partial charge in [-0.05, 0) is 48.7 Å². The molecule has 2 aliphatic rings. The molecule has 2 saturated heterocycles. The molecule has 8 nitrogen and oxygen atoms in total. The predicted molar refractivity (Wildman–Crippen MR) is 126 cm³/mol. The number of anilines is 2. The predicted octanol–water partition coefficient (Wildman–Crippen LogP) is 3.86. The number of amides is 2. The van der Waals surface area contributed by atoms with Gasteiger partial charge < -0.3 is 10.1 Å². The standard InChI is InChI=1S/C24H27N3O5S/c28-23(25-21-7-3-4-8-22(21)27-17-18-32-24(27)29)14-11-19-9-12-20(13-10-19)33(30,31)26-15-5-1-2-6-16-26/h3-4,7-14H,1-2,5-6,15-18H2,(H,25,28)/b14-11+. The number of nitrogens with zero attached hydrogens (tertiary/aromatic N) is 2. The van der Waals surface area contributed by atoms with Gasteiger partial charge in [0.15, 0.2) is 0 Å². The molecule has 0 aromatic heterocycles. The van der Waals surface area contributed by atoms with Crippen LogP contribution in [0.1, 0.15) is 31.2 Å². The van der Waals surface area contributed by atoms with E-state index in [1.807, 2.05) is 0 Å². The molecule has 4 rings (SSSR count). The summed E-state index contributed by atoms with van der Waals surface area (Å²) in [6.07, 6.45) is 6.44. The molecule has 2 aliphatic heterocycles. The van der Waals surface area contributed by atoms with Gasteiger partial charge in [0.2, 0.25) is 15.9 Å². The lowest BCUT2D eigenvalue weighted by Gasteiger charge is -2.19. The molecule has 1 N–H and O–H groups in total. The summed E-state index contributed by atoms with van der Waals surface area (Å²) in [5, 5.41) is 2.79. The molecule has 0 aliphatic carbocycles. The van der Waals surface area contributed by atoms with E-state index in [-0.39, 0.29) is 10.8 Å². The van der Waals surface area contributed by atoms with Gasteiger partial charge in [-0.25, -0.2) is 13.2 Å². The van der Waals surface area contributed by atoms with E-state index in [1.54, 1.807) is 58.9 Å². The molecule has 2 aromatic rings. The van der Waals surface area contributed by atoms with Crippen LogP contribution >= 0.6 is 0 Å². The van der Waals surface area contributed by atoms with Gasteiger partial charge in [-0.15, -0.1) is 0 Å². The van der Waals surface area contributed by atoms with Crippen LogP contribution in [0.5, 0.6) is 0 Å². The van der Waals surface area contributed by atoms with E-state index in [0.717, 1.165) is 25.7 Å². The zero-order chi connectivity index (χ0) is 23.3. The number of hydrogen-bond acceptors (Lipinski definition) is 5. The summed E-state index contributed by atoms with van der Waals surface area (Å²) in [4.78, 5) is 26.1. The Bertz CT molecular complexity index is 1140. The highest BCUT2D eigenvalue weighted by Gasteiger charge is 2.26. The third-order valence-corrected chi connectivity index (χ3v) is 7.64. The fourth-order valence-electron chi connectivity index (χ4n) is 3.96. The van der Waals surface area contributed by atoms with Crippen LogP contribution in [0.4, 0.5) is 16.2 Å². The smallest absolute Gasteiger partial charge is 0.414 e. The molecule has 2 fully saturated rings. The maximum Gasteiger partial charge on any atom is 0.414 e. The van der Waals surface area contributed by atoms with Crippen LogP contribution in [0, 0.1) is 0 Å². The number of ether oxygens (including phenoxy) is 1. The van der Waals surface area contributed by atoms with Crippen LogP contribution in [0.25, 0.3) is 6.08 Å². The Morgan fingerprint density at radius 2 is 1.64 bits per heavy atom. The topological polar surface area (TPSA) is 96.0 Å². The zero-order valence-corrected chi connectivity index (χ0v) is 19.1. The lowest BCUT2D eigenvalue weighted by molar-refractivity contribution is -0.111. The Morgan fingerprint density at radius 1 is 0.939 bits per heavy atom. The lowest BCUT2D eigenvalue weighted by atomic mass is 10.2. The van der Waals surface area contributed by atoms with Crippen LogP contribution < -0.4 is 10.2 Å². The van der Waals surface area contributed by atoms with E-state index >= 15 is 0 Å². The van der Waals surface area contributed by atoms with Crippen LogP contribution in [-0.4, -0.2) is 51.0 Å². The second-order valence-corrected chi connectivity index (χ2v) is 9.93. The minimum atomic E-state index is -3.50. The number of cyclic esters (lactones) is 1. The SMILES string of the molecule is O=C(/C=C/c1ccc(S(=O)(=O)N2CCCCCC2)cc1)Nc1ccccc1N1CCOC1=O. The third kappa shape index (κ3) is 5.43. The van der Waals surface area contributed by atoms with E-state index in [1.165, 1.54) is 11.0 Å². The van der Waals surface area contributed by atoms with Crippen LogP contribution in [-0.2, 0) is 19.6 Å². The molecule has 2 heterocycles. The number of sulfonamides is 1. The average Bonchev–Trinajstić information content (AvgIpc) is 3.06. The second-order valence-electron chi connectivity index (χ2n) is 7.99. The Hall–Kier alpha value is -3.17. The fraction of sp³-hybridized carbons (Fsp3) is 0.333. The molecule has 0 radical (unpaired) electrons. The van der Waals surface area contributed by atoms with Crippen molar-refractivity contribution in [3.63, 3.8) is 0 Å². The first-order valence-corrected chi connectivity index (χ1v) is 12.5. The summed E-state index contributed by atoms with van der Waals surface area (Å²) >= 11 is 0. The average molecular weight is 470 g/mol. The number of carbonyl (C=O) groups is 2. The molecule has 0 saturated carbocycles. The van der Waals surface area contributed by atoms with Crippen molar-refractivity contribution in [2.45, 2.75) is 30.6 Å². The lowest BCUT2D eigenvalue weighted by Crippen LogP contribution is -2.31. The zero-order valence-electron chi connectivity index (χ0n) is 18.3. The summed E-state index contributed by atoms with van der Waals surface area (Å²) in [5.41, 5.74) is 1.78. The second kappa shape index (κ2) is 10.2. The summed E-state index contributed by atoms with van der Waals surface area (Å²) in [6, 6.07) is 13.5. The van der Waals surface area contributed by atoms with Gasteiger partial charge in [-0.2, -0.15) is 4.31 Å². The van der Waals surface area contributed by atoms with Crippen molar-refractivity contribution in [2.24, 2.45) is 0 Å². The molecule has 174 valence electrons. The van der Waals surface area contributed by atoms with Crippen molar-refractivity contribution in [3.8, 4) is 0 Å². The monoisotopic (exact) mass is 469 g/mol. The molecule has 2 aromatic carbocycles. The number of carbonyl (C=O) groups excluding carboxylic acids is 2. The molecule has 0 bridgehead atoms. The van der Waals surface area contributed by atoms with Gasteiger partial charge in [0.25, 0.3) is 0 Å². The quantitative estimate of drug-likeness (QED) is 0.648. The number of nitrogens with one attached hydrogen (secondary N) is 1. The third-order valence-electron chi connectivity index (χ3n) is 5.72. The van der Waals surface area contributed by atoms with Gasteiger partial charge in [0.1, 0.15) is 6.61 Å². The molecule has 2 amide bonds. The number of rotatable bonds is 6. The first-order chi connectivity index (χ1) is 15.9. The summed E-state index contributed by atoms with van der Waals surface area (Å²) in [7, 11) is -3.50. The van der Waals surface area contributed by atoms with Crippen molar-refractivity contribution in [2.75, 3.05) is 36.5 Å². The Labute approximate surface area is 193 Å². The van der Waals surface area contributed by atoms with Crippen molar-refractivity contribution in [3.05, 3.63) is 60.2 Å². The van der Waals surface area contributed by atoms with E-state index in [4.69, 9.17) is 4.74 Å². The minimum absolute atomic E-state index is 0.262. The first kappa shape index (κ1) is 23.0. The van der Waals surface area contributed by atoms with E-state index in [0.29, 0.717) is 43.2 Å². The van der Waals surface area contributed by atoms with Crippen molar-refractivity contribution >= 4 is 39.5 Å². The molecule has 9 heteroatoms.